The number of carbonyl (C=O) groups excluding carboxylic acids is 1. The van der Waals surface area contributed by atoms with Gasteiger partial charge >= 0.3 is 0 Å². The van der Waals surface area contributed by atoms with Crippen LogP contribution in [0.2, 0.25) is 5.02 Å². The average molecular weight is 357 g/mol. The molecule has 1 aliphatic rings. The molecule has 0 spiro atoms. The van der Waals surface area contributed by atoms with Crippen LogP contribution in [0.3, 0.4) is 0 Å². The first kappa shape index (κ1) is 15.9. The van der Waals surface area contributed by atoms with Crippen LogP contribution >= 0.6 is 11.6 Å². The van der Waals surface area contributed by atoms with E-state index >= 15 is 0 Å². The van der Waals surface area contributed by atoms with E-state index in [0.29, 0.717) is 22.9 Å². The first-order chi connectivity index (χ1) is 12.0. The molecule has 2 aromatic heterocycles. The molecule has 1 N–H and O–H groups in total. The van der Waals surface area contributed by atoms with Crippen LogP contribution in [0.5, 0.6) is 5.75 Å². The van der Waals surface area contributed by atoms with Crippen molar-refractivity contribution in [2.45, 2.75) is 32.4 Å². The van der Waals surface area contributed by atoms with Gasteiger partial charge in [-0.15, -0.1) is 0 Å². The van der Waals surface area contributed by atoms with Crippen molar-refractivity contribution >= 4 is 34.2 Å². The zero-order valence-electron chi connectivity index (χ0n) is 13.9. The van der Waals surface area contributed by atoms with E-state index in [9.17, 15) is 4.79 Å². The fraction of sp³-hybridized carbons (Fsp3) is 0.278. The number of rotatable bonds is 3. The number of aromatic nitrogens is 3. The molecule has 25 heavy (non-hydrogen) atoms. The molecule has 0 radical (unpaired) electrons. The van der Waals surface area contributed by atoms with Crippen molar-refractivity contribution < 1.29 is 9.53 Å². The monoisotopic (exact) mass is 356 g/mol. The maximum Gasteiger partial charge on any atom is 0.265 e. The van der Waals surface area contributed by atoms with Crippen LogP contribution in [0.15, 0.2) is 36.7 Å². The van der Waals surface area contributed by atoms with Gasteiger partial charge in [0, 0.05) is 22.9 Å². The van der Waals surface area contributed by atoms with Gasteiger partial charge in [0.15, 0.2) is 11.8 Å². The highest BCUT2D eigenvalue weighted by Crippen LogP contribution is 2.31. The second-order valence-electron chi connectivity index (χ2n) is 6.37. The number of benzene rings is 1. The Labute approximate surface area is 149 Å². The smallest absolute Gasteiger partial charge is 0.265 e. The number of pyridine rings is 1. The number of nitrogens with zero attached hydrogens (tertiary/aromatic N) is 3. The Morgan fingerprint density at radius 3 is 3.00 bits per heavy atom. The number of halogens is 1. The minimum absolute atomic E-state index is 0.204. The predicted octanol–water partition coefficient (Wildman–Crippen LogP) is 3.61. The van der Waals surface area contributed by atoms with Gasteiger partial charge in [0.2, 0.25) is 0 Å². The second kappa shape index (κ2) is 6.04. The van der Waals surface area contributed by atoms with E-state index in [1.54, 1.807) is 24.5 Å². The number of fused-ring (bicyclic) bond motifs is 2. The molecule has 0 saturated heterocycles. The number of hydrogen-bond acceptors (Lipinski definition) is 4. The van der Waals surface area contributed by atoms with Gasteiger partial charge in [-0.3, -0.25) is 4.79 Å². The van der Waals surface area contributed by atoms with Gasteiger partial charge in [-0.1, -0.05) is 11.6 Å². The van der Waals surface area contributed by atoms with E-state index in [4.69, 9.17) is 16.3 Å². The molecule has 0 aliphatic carbocycles. The maximum absolute atomic E-state index is 12.5. The fourth-order valence-corrected chi connectivity index (χ4v) is 3.17. The van der Waals surface area contributed by atoms with Crippen molar-refractivity contribution in [2.75, 3.05) is 5.32 Å². The largest absolute Gasteiger partial charge is 0.480 e. The van der Waals surface area contributed by atoms with Crippen LogP contribution in [0.1, 0.15) is 25.5 Å². The Bertz CT molecular complexity index is 967. The topological polar surface area (TPSA) is 69.0 Å². The van der Waals surface area contributed by atoms with Crippen LogP contribution in [-0.2, 0) is 11.2 Å². The van der Waals surface area contributed by atoms with Crippen molar-refractivity contribution in [3.8, 4) is 5.75 Å². The van der Waals surface area contributed by atoms with Gasteiger partial charge in [0.25, 0.3) is 5.91 Å². The van der Waals surface area contributed by atoms with E-state index in [-0.39, 0.29) is 11.9 Å². The normalized spacial score (nSPS) is 16.1. The number of carbonyl (C=O) groups is 1. The van der Waals surface area contributed by atoms with Crippen molar-refractivity contribution in [2.24, 2.45) is 0 Å². The van der Waals surface area contributed by atoms with E-state index in [1.165, 1.54) is 0 Å². The van der Waals surface area contributed by atoms with Gasteiger partial charge in [0.1, 0.15) is 5.75 Å². The SMILES string of the molecule is CC(C)n1ncc2cc(NC(=O)[C@@H]3Cc4cc(Cl)ccc4O3)cnc21. The van der Waals surface area contributed by atoms with Gasteiger partial charge in [0.05, 0.1) is 18.1 Å². The van der Waals surface area contributed by atoms with Gasteiger partial charge in [-0.05, 0) is 43.7 Å². The minimum atomic E-state index is -0.567. The molecule has 0 bridgehead atoms. The van der Waals surface area contributed by atoms with Gasteiger partial charge in [-0.25, -0.2) is 9.67 Å². The van der Waals surface area contributed by atoms with E-state index in [0.717, 1.165) is 16.6 Å². The fourth-order valence-electron chi connectivity index (χ4n) is 2.97. The Morgan fingerprint density at radius 2 is 2.20 bits per heavy atom. The zero-order chi connectivity index (χ0) is 17.6. The Morgan fingerprint density at radius 1 is 1.36 bits per heavy atom. The summed E-state index contributed by atoms with van der Waals surface area (Å²) in [4.78, 5) is 16.9. The van der Waals surface area contributed by atoms with Crippen LogP contribution in [0.25, 0.3) is 11.0 Å². The van der Waals surface area contributed by atoms with Crippen LogP contribution in [-0.4, -0.2) is 26.8 Å². The molecule has 1 aromatic carbocycles. The second-order valence-corrected chi connectivity index (χ2v) is 6.81. The number of anilines is 1. The van der Waals surface area contributed by atoms with Crippen LogP contribution in [0.4, 0.5) is 5.69 Å². The van der Waals surface area contributed by atoms with Crippen molar-refractivity contribution in [3.05, 3.63) is 47.2 Å². The molecule has 0 fully saturated rings. The predicted molar refractivity (Wildman–Crippen MR) is 96.1 cm³/mol. The van der Waals surface area contributed by atoms with Crippen molar-refractivity contribution in [3.63, 3.8) is 0 Å². The van der Waals surface area contributed by atoms with Crippen molar-refractivity contribution in [1.82, 2.24) is 14.8 Å². The quantitative estimate of drug-likeness (QED) is 0.778. The summed E-state index contributed by atoms with van der Waals surface area (Å²) < 4.78 is 7.56. The molecule has 0 unspecified atom stereocenters. The minimum Gasteiger partial charge on any atom is -0.480 e. The summed E-state index contributed by atoms with van der Waals surface area (Å²) in [5.74, 6) is 0.501. The zero-order valence-corrected chi connectivity index (χ0v) is 14.6. The summed E-state index contributed by atoms with van der Waals surface area (Å²) >= 11 is 5.99. The molecule has 1 amide bonds. The Balaban J connectivity index is 1.51. The van der Waals surface area contributed by atoms with Crippen molar-refractivity contribution in [1.29, 1.82) is 0 Å². The van der Waals surface area contributed by atoms with Crippen LogP contribution < -0.4 is 10.1 Å². The summed E-state index contributed by atoms with van der Waals surface area (Å²) in [6, 6.07) is 7.47. The third kappa shape index (κ3) is 2.93. The Kier molecular flexibility index (Phi) is 3.84. The number of amides is 1. The molecule has 3 aromatic rings. The average Bonchev–Trinajstić information content (AvgIpc) is 3.17. The summed E-state index contributed by atoms with van der Waals surface area (Å²) in [6.45, 7) is 4.09. The number of ether oxygens (including phenoxy) is 1. The summed E-state index contributed by atoms with van der Waals surface area (Å²) in [6.07, 6.45) is 3.33. The van der Waals surface area contributed by atoms with E-state index in [1.807, 2.05) is 30.7 Å². The summed E-state index contributed by atoms with van der Waals surface area (Å²) in [5.41, 5.74) is 2.37. The lowest BCUT2D eigenvalue weighted by Gasteiger charge is -2.11. The molecule has 1 atom stereocenters. The highest BCUT2D eigenvalue weighted by atomic mass is 35.5. The third-order valence-corrected chi connectivity index (χ3v) is 4.41. The molecule has 7 heteroatoms. The molecular formula is C18H17ClN4O2. The first-order valence-corrected chi connectivity index (χ1v) is 8.48. The van der Waals surface area contributed by atoms with Gasteiger partial charge in [-0.2, -0.15) is 5.10 Å². The molecular weight excluding hydrogens is 340 g/mol. The standard InChI is InChI=1S/C18H17ClN4O2/c1-10(2)23-17-12(8-21-23)6-14(9-20-17)22-18(24)16-7-11-5-13(19)3-4-15(11)25-16/h3-6,8-10,16H,7H2,1-2H3,(H,22,24)/t16-/m0/s1. The molecule has 3 heterocycles. The first-order valence-electron chi connectivity index (χ1n) is 8.10. The summed E-state index contributed by atoms with van der Waals surface area (Å²) in [7, 11) is 0. The molecule has 1 aliphatic heterocycles. The lowest BCUT2D eigenvalue weighted by Crippen LogP contribution is -2.31. The molecule has 0 saturated carbocycles. The number of hydrogen-bond donors (Lipinski definition) is 1. The lowest BCUT2D eigenvalue weighted by molar-refractivity contribution is -0.122. The summed E-state index contributed by atoms with van der Waals surface area (Å²) in [5, 5.41) is 8.72. The molecule has 6 nitrogen and oxygen atoms in total. The highest BCUT2D eigenvalue weighted by Gasteiger charge is 2.29. The van der Waals surface area contributed by atoms with E-state index in [2.05, 4.69) is 15.4 Å². The third-order valence-electron chi connectivity index (χ3n) is 4.18. The molecule has 128 valence electrons. The van der Waals surface area contributed by atoms with Crippen LogP contribution in [0, 0.1) is 0 Å². The maximum atomic E-state index is 12.5. The van der Waals surface area contributed by atoms with Gasteiger partial charge < -0.3 is 10.1 Å². The van der Waals surface area contributed by atoms with E-state index < -0.39 is 6.10 Å². The lowest BCUT2D eigenvalue weighted by atomic mass is 10.1. The number of nitrogens with one attached hydrogen (secondary N) is 1. The molecule has 4 rings (SSSR count). The highest BCUT2D eigenvalue weighted by molar-refractivity contribution is 6.30. The Hall–Kier alpha value is -2.60.